The van der Waals surface area contributed by atoms with Gasteiger partial charge in [-0.05, 0) is 74.0 Å². The molecule has 1 aliphatic rings. The molecule has 1 saturated heterocycles. The normalized spacial score (nSPS) is 16.4. The van der Waals surface area contributed by atoms with Gasteiger partial charge in [0.05, 0.1) is 18.2 Å². The average Bonchev–Trinajstić information content (AvgIpc) is 3.23. The fraction of sp³-hybridized carbons (Fsp3) is 0.333. The van der Waals surface area contributed by atoms with Gasteiger partial charge < -0.3 is 29.5 Å². The van der Waals surface area contributed by atoms with Crippen molar-refractivity contribution in [1.82, 2.24) is 9.80 Å². The number of aliphatic hydroxyl groups is 1. The van der Waals surface area contributed by atoms with Gasteiger partial charge in [-0.1, -0.05) is 50.2 Å². The number of aromatic hydroxyl groups is 1. The number of rotatable bonds is 12. The first-order valence-corrected chi connectivity index (χ1v) is 14.0. The van der Waals surface area contributed by atoms with Crippen molar-refractivity contribution in [3.8, 4) is 17.2 Å². The highest BCUT2D eigenvalue weighted by atomic mass is 16.5. The van der Waals surface area contributed by atoms with Crippen LogP contribution in [0.15, 0.2) is 72.3 Å². The molecule has 1 fully saturated rings. The minimum atomic E-state index is -0.848. The summed E-state index contributed by atoms with van der Waals surface area (Å²) < 4.78 is 11.5. The number of hydrogen-bond acceptors (Lipinski definition) is 7. The minimum absolute atomic E-state index is 0.00346. The maximum Gasteiger partial charge on any atom is 0.295 e. The summed E-state index contributed by atoms with van der Waals surface area (Å²) in [7, 11) is 0. The Balaban J connectivity index is 1.73. The largest absolute Gasteiger partial charge is 0.507 e. The molecule has 1 atom stereocenters. The maximum atomic E-state index is 13.5. The second-order valence-electron chi connectivity index (χ2n) is 9.93. The van der Waals surface area contributed by atoms with Crippen molar-refractivity contribution >= 4 is 17.4 Å². The van der Waals surface area contributed by atoms with E-state index in [2.05, 4.69) is 4.90 Å². The number of aliphatic hydroxyl groups excluding tert-OH is 1. The number of hydrogen-bond donors (Lipinski definition) is 2. The summed E-state index contributed by atoms with van der Waals surface area (Å²) in [6.45, 7) is 10.9. The predicted octanol–water partition coefficient (Wildman–Crippen LogP) is 5.44. The SMILES string of the molecule is CCOc1cc([C@@H]2/C(=C(\O)c3ccc(OCc4ccccc4)cc3C)C(=O)C(=O)N2CCN(CC)CC)ccc1O. The molecule has 4 rings (SSSR count). The van der Waals surface area contributed by atoms with Crippen LogP contribution in [0.5, 0.6) is 17.2 Å². The summed E-state index contributed by atoms with van der Waals surface area (Å²) in [5, 5.41) is 21.9. The first-order valence-electron chi connectivity index (χ1n) is 14.0. The number of ketones is 1. The van der Waals surface area contributed by atoms with E-state index in [1.54, 1.807) is 37.3 Å². The van der Waals surface area contributed by atoms with Crippen LogP contribution in [-0.2, 0) is 16.2 Å². The van der Waals surface area contributed by atoms with Gasteiger partial charge in [0.2, 0.25) is 0 Å². The molecule has 1 aliphatic heterocycles. The fourth-order valence-corrected chi connectivity index (χ4v) is 5.10. The van der Waals surface area contributed by atoms with Gasteiger partial charge in [0.1, 0.15) is 18.1 Å². The van der Waals surface area contributed by atoms with Crippen LogP contribution >= 0.6 is 0 Å². The zero-order valence-corrected chi connectivity index (χ0v) is 24.1. The van der Waals surface area contributed by atoms with Crippen LogP contribution in [0, 0.1) is 6.92 Å². The highest BCUT2D eigenvalue weighted by Crippen LogP contribution is 2.42. The number of likely N-dealkylation sites (N-methyl/N-ethyl adjacent to an activating group) is 1. The second-order valence-corrected chi connectivity index (χ2v) is 9.93. The summed E-state index contributed by atoms with van der Waals surface area (Å²) in [4.78, 5) is 30.5. The van der Waals surface area contributed by atoms with Crippen molar-refractivity contribution in [2.75, 3.05) is 32.8 Å². The van der Waals surface area contributed by atoms with Crippen LogP contribution in [0.2, 0.25) is 0 Å². The monoisotopic (exact) mass is 558 g/mol. The summed E-state index contributed by atoms with van der Waals surface area (Å²) in [6.07, 6.45) is 0. The van der Waals surface area contributed by atoms with Gasteiger partial charge in [-0.3, -0.25) is 9.59 Å². The number of Topliss-reactive ketones (excluding diaryl/α,β-unsaturated/α-hetero) is 1. The molecule has 3 aromatic rings. The van der Waals surface area contributed by atoms with Gasteiger partial charge in [-0.25, -0.2) is 0 Å². The molecule has 0 unspecified atom stereocenters. The zero-order valence-electron chi connectivity index (χ0n) is 24.1. The third-order valence-electron chi connectivity index (χ3n) is 7.39. The molecule has 216 valence electrons. The molecule has 0 radical (unpaired) electrons. The van der Waals surface area contributed by atoms with E-state index in [4.69, 9.17) is 9.47 Å². The van der Waals surface area contributed by atoms with Gasteiger partial charge in [0, 0.05) is 18.7 Å². The van der Waals surface area contributed by atoms with Crippen LogP contribution in [0.1, 0.15) is 49.1 Å². The van der Waals surface area contributed by atoms with Crippen molar-refractivity contribution in [1.29, 1.82) is 0 Å². The number of carbonyl (C=O) groups excluding carboxylic acids is 2. The summed E-state index contributed by atoms with van der Waals surface area (Å²) in [6, 6.07) is 19.0. The number of nitrogens with zero attached hydrogens (tertiary/aromatic N) is 2. The Morgan fingerprint density at radius 2 is 1.68 bits per heavy atom. The van der Waals surface area contributed by atoms with E-state index < -0.39 is 17.7 Å². The average molecular weight is 559 g/mol. The van der Waals surface area contributed by atoms with E-state index in [9.17, 15) is 19.8 Å². The third-order valence-corrected chi connectivity index (χ3v) is 7.39. The topological polar surface area (TPSA) is 99.5 Å². The van der Waals surface area contributed by atoms with Crippen molar-refractivity contribution in [2.45, 2.75) is 40.3 Å². The Morgan fingerprint density at radius 1 is 0.951 bits per heavy atom. The molecule has 2 N–H and O–H groups in total. The number of phenolic OH excluding ortho intramolecular Hbond substituents is 1. The molecule has 0 spiro atoms. The molecule has 8 nitrogen and oxygen atoms in total. The predicted molar refractivity (Wildman–Crippen MR) is 158 cm³/mol. The van der Waals surface area contributed by atoms with Gasteiger partial charge in [-0.2, -0.15) is 0 Å². The van der Waals surface area contributed by atoms with E-state index >= 15 is 0 Å². The lowest BCUT2D eigenvalue weighted by molar-refractivity contribution is -0.140. The van der Waals surface area contributed by atoms with Crippen LogP contribution in [0.25, 0.3) is 5.76 Å². The van der Waals surface area contributed by atoms with Gasteiger partial charge in [0.15, 0.2) is 11.5 Å². The molecule has 0 aromatic heterocycles. The minimum Gasteiger partial charge on any atom is -0.507 e. The Bertz CT molecular complexity index is 1410. The molecular weight excluding hydrogens is 520 g/mol. The molecule has 1 amide bonds. The van der Waals surface area contributed by atoms with Crippen LogP contribution < -0.4 is 9.47 Å². The first-order chi connectivity index (χ1) is 19.8. The summed E-state index contributed by atoms with van der Waals surface area (Å²) >= 11 is 0. The van der Waals surface area contributed by atoms with Gasteiger partial charge in [0.25, 0.3) is 11.7 Å². The molecule has 8 heteroatoms. The summed E-state index contributed by atoms with van der Waals surface area (Å²) in [5.41, 5.74) is 2.73. The lowest BCUT2D eigenvalue weighted by Gasteiger charge is -2.28. The zero-order chi connectivity index (χ0) is 29.5. The number of likely N-dealkylation sites (tertiary alicyclic amines) is 1. The van der Waals surface area contributed by atoms with Crippen molar-refractivity contribution < 1.29 is 29.3 Å². The molecule has 0 bridgehead atoms. The Labute approximate surface area is 241 Å². The number of ether oxygens (including phenoxy) is 2. The lowest BCUT2D eigenvalue weighted by Crippen LogP contribution is -2.38. The first kappa shape index (κ1) is 29.7. The highest BCUT2D eigenvalue weighted by molar-refractivity contribution is 6.46. The number of amides is 1. The smallest absolute Gasteiger partial charge is 0.295 e. The van der Waals surface area contributed by atoms with Crippen LogP contribution in [-0.4, -0.2) is 64.5 Å². The molecular formula is C33H38N2O6. The summed E-state index contributed by atoms with van der Waals surface area (Å²) in [5.74, 6) is -0.846. The number of carbonyl (C=O) groups is 2. The fourth-order valence-electron chi connectivity index (χ4n) is 5.10. The van der Waals surface area contributed by atoms with Crippen molar-refractivity contribution in [2.24, 2.45) is 0 Å². The molecule has 1 heterocycles. The Kier molecular flexibility index (Phi) is 9.68. The van der Waals surface area contributed by atoms with E-state index in [1.165, 1.54) is 11.0 Å². The molecule has 41 heavy (non-hydrogen) atoms. The Morgan fingerprint density at radius 3 is 2.34 bits per heavy atom. The van der Waals surface area contributed by atoms with E-state index in [0.29, 0.717) is 48.7 Å². The Hall–Kier alpha value is -4.30. The van der Waals surface area contributed by atoms with Gasteiger partial charge >= 0.3 is 0 Å². The quantitative estimate of drug-likeness (QED) is 0.173. The van der Waals surface area contributed by atoms with Crippen molar-refractivity contribution in [3.63, 3.8) is 0 Å². The number of phenols is 1. The van der Waals surface area contributed by atoms with Crippen LogP contribution in [0.3, 0.4) is 0 Å². The molecule has 0 aliphatic carbocycles. The number of benzene rings is 3. The standard InChI is InChI=1S/C33H38N2O6/c1-5-34(6-2)17-18-35-30(24-13-16-27(36)28(20-24)40-7-3)29(32(38)33(35)39)31(37)26-15-14-25(19-22(26)4)41-21-23-11-9-8-10-12-23/h8-16,19-20,30,36-37H,5-7,17-18,21H2,1-4H3/b31-29+/t30-/m1/s1. The molecule has 3 aromatic carbocycles. The van der Waals surface area contributed by atoms with Crippen LogP contribution in [0.4, 0.5) is 0 Å². The maximum absolute atomic E-state index is 13.5. The van der Waals surface area contributed by atoms with Crippen molar-refractivity contribution in [3.05, 3.63) is 94.6 Å². The molecule has 0 saturated carbocycles. The third kappa shape index (κ3) is 6.55. The van der Waals surface area contributed by atoms with E-state index in [1.807, 2.05) is 51.1 Å². The highest BCUT2D eigenvalue weighted by Gasteiger charge is 2.46. The van der Waals surface area contributed by atoms with E-state index in [0.717, 1.165) is 18.7 Å². The van der Waals surface area contributed by atoms with Gasteiger partial charge in [-0.15, -0.1) is 0 Å². The number of aryl methyl sites for hydroxylation is 1. The van der Waals surface area contributed by atoms with E-state index in [-0.39, 0.29) is 22.8 Å². The lowest BCUT2D eigenvalue weighted by atomic mass is 9.93. The second kappa shape index (κ2) is 13.4.